The molecule has 0 aliphatic carbocycles. The molecule has 2 aromatic carbocycles. The number of methoxy groups -OCH3 is 2. The first-order valence-electron chi connectivity index (χ1n) is 6.53. The number of aliphatic hydroxyl groups is 1. The molecule has 0 spiro atoms. The van der Waals surface area contributed by atoms with Gasteiger partial charge in [0.2, 0.25) is 0 Å². The summed E-state index contributed by atoms with van der Waals surface area (Å²) in [5, 5.41) is 13.5. The molecule has 0 radical (unpaired) electrons. The molecule has 112 valence electrons. The molecule has 0 fully saturated rings. The number of halogens is 1. The van der Waals surface area contributed by atoms with Crippen LogP contribution in [0.3, 0.4) is 0 Å². The SMILES string of the molecule is COc1ccc(NC(CO)c2c(Cl)cccc2OC)cc1. The Kier molecular flexibility index (Phi) is 5.31. The molecule has 0 aromatic heterocycles. The van der Waals surface area contributed by atoms with Crippen LogP contribution in [0.5, 0.6) is 11.5 Å². The molecule has 0 bridgehead atoms. The fourth-order valence-corrected chi connectivity index (χ4v) is 2.43. The third-order valence-corrected chi connectivity index (χ3v) is 3.52. The Labute approximate surface area is 129 Å². The predicted octanol–water partition coefficient (Wildman–Crippen LogP) is 3.50. The van der Waals surface area contributed by atoms with Gasteiger partial charge in [0.1, 0.15) is 11.5 Å². The Morgan fingerprint density at radius 3 is 2.38 bits per heavy atom. The first kappa shape index (κ1) is 15.5. The molecule has 0 saturated heterocycles. The molecule has 0 aliphatic heterocycles. The van der Waals surface area contributed by atoms with Crippen molar-refractivity contribution in [3.05, 3.63) is 53.1 Å². The zero-order valence-corrected chi connectivity index (χ0v) is 12.7. The topological polar surface area (TPSA) is 50.7 Å². The van der Waals surface area contributed by atoms with E-state index < -0.39 is 0 Å². The van der Waals surface area contributed by atoms with Gasteiger partial charge >= 0.3 is 0 Å². The first-order valence-corrected chi connectivity index (χ1v) is 6.91. The third-order valence-electron chi connectivity index (χ3n) is 3.19. The van der Waals surface area contributed by atoms with E-state index in [-0.39, 0.29) is 12.6 Å². The van der Waals surface area contributed by atoms with Gasteiger partial charge in [-0.05, 0) is 36.4 Å². The smallest absolute Gasteiger partial charge is 0.125 e. The van der Waals surface area contributed by atoms with E-state index in [1.165, 1.54) is 0 Å². The van der Waals surface area contributed by atoms with Gasteiger partial charge in [0.25, 0.3) is 0 Å². The van der Waals surface area contributed by atoms with Crippen LogP contribution in [0.25, 0.3) is 0 Å². The molecular formula is C16H18ClNO3. The largest absolute Gasteiger partial charge is 0.497 e. The van der Waals surface area contributed by atoms with Gasteiger partial charge in [-0.2, -0.15) is 0 Å². The van der Waals surface area contributed by atoms with E-state index >= 15 is 0 Å². The number of rotatable bonds is 6. The van der Waals surface area contributed by atoms with Crippen LogP contribution in [-0.4, -0.2) is 25.9 Å². The van der Waals surface area contributed by atoms with E-state index in [9.17, 15) is 5.11 Å². The predicted molar refractivity (Wildman–Crippen MR) is 84.4 cm³/mol. The zero-order valence-electron chi connectivity index (χ0n) is 12.0. The molecular weight excluding hydrogens is 290 g/mol. The van der Waals surface area contributed by atoms with E-state index in [0.717, 1.165) is 17.0 Å². The monoisotopic (exact) mass is 307 g/mol. The minimum atomic E-state index is -0.359. The maximum absolute atomic E-state index is 9.68. The summed E-state index contributed by atoms with van der Waals surface area (Å²) < 4.78 is 10.5. The van der Waals surface area contributed by atoms with Crippen molar-refractivity contribution in [2.24, 2.45) is 0 Å². The van der Waals surface area contributed by atoms with Crippen LogP contribution < -0.4 is 14.8 Å². The summed E-state index contributed by atoms with van der Waals surface area (Å²) in [7, 11) is 3.20. The highest BCUT2D eigenvalue weighted by atomic mass is 35.5. The maximum Gasteiger partial charge on any atom is 0.125 e. The van der Waals surface area contributed by atoms with Crippen LogP contribution in [0.2, 0.25) is 5.02 Å². The molecule has 0 amide bonds. The van der Waals surface area contributed by atoms with Crippen LogP contribution in [0, 0.1) is 0 Å². The summed E-state index contributed by atoms with van der Waals surface area (Å²) >= 11 is 6.24. The highest BCUT2D eigenvalue weighted by Gasteiger charge is 2.18. The Morgan fingerprint density at radius 2 is 1.81 bits per heavy atom. The fourth-order valence-electron chi connectivity index (χ4n) is 2.13. The average molecular weight is 308 g/mol. The normalized spacial score (nSPS) is 11.8. The molecule has 2 aromatic rings. The van der Waals surface area contributed by atoms with Crippen LogP contribution >= 0.6 is 11.6 Å². The summed E-state index contributed by atoms with van der Waals surface area (Å²) in [5.41, 5.74) is 1.59. The molecule has 21 heavy (non-hydrogen) atoms. The number of benzene rings is 2. The van der Waals surface area contributed by atoms with Crippen LogP contribution in [0.4, 0.5) is 5.69 Å². The molecule has 2 N–H and O–H groups in total. The van der Waals surface area contributed by atoms with E-state index in [1.807, 2.05) is 36.4 Å². The van der Waals surface area contributed by atoms with Crippen molar-refractivity contribution >= 4 is 17.3 Å². The number of anilines is 1. The minimum Gasteiger partial charge on any atom is -0.497 e. The van der Waals surface area contributed by atoms with E-state index in [2.05, 4.69) is 5.32 Å². The van der Waals surface area contributed by atoms with Crippen molar-refractivity contribution in [2.75, 3.05) is 26.1 Å². The number of nitrogens with one attached hydrogen (secondary N) is 1. The number of ether oxygens (including phenoxy) is 2. The second-order valence-electron chi connectivity index (χ2n) is 4.46. The Bertz CT molecular complexity index is 587. The molecule has 2 rings (SSSR count). The van der Waals surface area contributed by atoms with E-state index in [1.54, 1.807) is 20.3 Å². The summed E-state index contributed by atoms with van der Waals surface area (Å²) in [6.45, 7) is -0.105. The molecule has 1 atom stereocenters. The van der Waals surface area contributed by atoms with Crippen molar-refractivity contribution < 1.29 is 14.6 Å². The van der Waals surface area contributed by atoms with Gasteiger partial charge in [-0.15, -0.1) is 0 Å². The first-order chi connectivity index (χ1) is 10.2. The second-order valence-corrected chi connectivity index (χ2v) is 4.87. The summed E-state index contributed by atoms with van der Waals surface area (Å²) in [5.74, 6) is 1.42. The Morgan fingerprint density at radius 1 is 1.10 bits per heavy atom. The van der Waals surface area contributed by atoms with Crippen LogP contribution in [0.1, 0.15) is 11.6 Å². The quantitative estimate of drug-likeness (QED) is 0.857. The van der Waals surface area contributed by atoms with Crippen molar-refractivity contribution in [3.8, 4) is 11.5 Å². The van der Waals surface area contributed by atoms with Gasteiger partial charge in [0.05, 0.1) is 26.9 Å². The van der Waals surface area contributed by atoms with E-state index in [0.29, 0.717) is 10.8 Å². The number of hydrogen-bond acceptors (Lipinski definition) is 4. The highest BCUT2D eigenvalue weighted by Crippen LogP contribution is 2.34. The summed E-state index contributed by atoms with van der Waals surface area (Å²) in [6.07, 6.45) is 0. The number of aliphatic hydroxyl groups excluding tert-OH is 1. The van der Waals surface area contributed by atoms with Crippen LogP contribution in [-0.2, 0) is 0 Å². The van der Waals surface area contributed by atoms with Crippen molar-refractivity contribution in [2.45, 2.75) is 6.04 Å². The lowest BCUT2D eigenvalue weighted by atomic mass is 10.1. The van der Waals surface area contributed by atoms with Gasteiger partial charge in [-0.1, -0.05) is 17.7 Å². The standard InChI is InChI=1S/C16H18ClNO3/c1-20-12-8-6-11(7-9-12)18-14(10-19)16-13(17)4-3-5-15(16)21-2/h3-9,14,18-19H,10H2,1-2H3. The van der Waals surface area contributed by atoms with E-state index in [4.69, 9.17) is 21.1 Å². The molecule has 4 nitrogen and oxygen atoms in total. The van der Waals surface area contributed by atoms with Crippen molar-refractivity contribution in [1.82, 2.24) is 0 Å². The van der Waals surface area contributed by atoms with Gasteiger partial charge in [0.15, 0.2) is 0 Å². The zero-order chi connectivity index (χ0) is 15.2. The fraction of sp³-hybridized carbons (Fsp3) is 0.250. The van der Waals surface area contributed by atoms with Gasteiger partial charge < -0.3 is 19.9 Å². The Balaban J connectivity index is 2.27. The average Bonchev–Trinajstić information content (AvgIpc) is 2.53. The minimum absolute atomic E-state index is 0.105. The second kappa shape index (κ2) is 7.20. The van der Waals surface area contributed by atoms with Crippen molar-refractivity contribution in [3.63, 3.8) is 0 Å². The summed E-state index contributed by atoms with van der Waals surface area (Å²) in [4.78, 5) is 0. The highest BCUT2D eigenvalue weighted by molar-refractivity contribution is 6.31. The van der Waals surface area contributed by atoms with Gasteiger partial charge in [-0.3, -0.25) is 0 Å². The summed E-state index contributed by atoms with van der Waals surface area (Å²) in [6, 6.07) is 12.5. The molecule has 1 unspecified atom stereocenters. The number of hydrogen-bond donors (Lipinski definition) is 2. The molecule has 0 aliphatic rings. The Hall–Kier alpha value is -1.91. The molecule has 0 heterocycles. The third kappa shape index (κ3) is 3.60. The molecule has 0 saturated carbocycles. The maximum atomic E-state index is 9.68. The lowest BCUT2D eigenvalue weighted by molar-refractivity contribution is 0.273. The lowest BCUT2D eigenvalue weighted by Crippen LogP contribution is -2.16. The van der Waals surface area contributed by atoms with Crippen LogP contribution in [0.15, 0.2) is 42.5 Å². The van der Waals surface area contributed by atoms with Gasteiger partial charge in [-0.25, -0.2) is 0 Å². The lowest BCUT2D eigenvalue weighted by Gasteiger charge is -2.21. The van der Waals surface area contributed by atoms with Gasteiger partial charge in [0, 0.05) is 16.3 Å². The molecule has 5 heteroatoms. The van der Waals surface area contributed by atoms with Crippen molar-refractivity contribution in [1.29, 1.82) is 0 Å².